The van der Waals surface area contributed by atoms with Gasteiger partial charge in [0.2, 0.25) is 0 Å². The molecule has 0 aromatic carbocycles. The fourth-order valence-electron chi connectivity index (χ4n) is 1.92. The third-order valence-electron chi connectivity index (χ3n) is 2.79. The predicted molar refractivity (Wildman–Crippen MR) is 61.7 cm³/mol. The topological polar surface area (TPSA) is 61.8 Å². The van der Waals surface area contributed by atoms with Gasteiger partial charge in [0, 0.05) is 13.1 Å². The van der Waals surface area contributed by atoms with E-state index in [2.05, 4.69) is 5.32 Å². The summed E-state index contributed by atoms with van der Waals surface area (Å²) >= 11 is 0. The van der Waals surface area contributed by atoms with E-state index in [1.165, 1.54) is 4.90 Å². The summed E-state index contributed by atoms with van der Waals surface area (Å²) in [5, 5.41) is 11.6. The van der Waals surface area contributed by atoms with Crippen molar-refractivity contribution >= 4 is 6.03 Å². The van der Waals surface area contributed by atoms with E-state index in [0.717, 1.165) is 0 Å². The summed E-state index contributed by atoms with van der Waals surface area (Å²) in [5.41, 5.74) is 0. The first kappa shape index (κ1) is 16.0. The van der Waals surface area contributed by atoms with Crippen molar-refractivity contribution in [2.24, 2.45) is 0 Å². The van der Waals surface area contributed by atoms with Gasteiger partial charge in [0.05, 0.1) is 31.8 Å². The lowest BCUT2D eigenvalue weighted by molar-refractivity contribution is -0.133. The maximum atomic E-state index is 12.0. The summed E-state index contributed by atoms with van der Waals surface area (Å²) < 4.78 is 41.1. The average molecular weight is 284 g/mol. The van der Waals surface area contributed by atoms with Gasteiger partial charge in [0.25, 0.3) is 0 Å². The standard InChI is InChI=1S/C11H19F3N2O3/c1-8(17)6-9-7-19-5-4-16(9)10(18)15-3-2-11(12,13)14/h8-9,17H,2-7H2,1H3,(H,15,18)/t8-,9+/m1/s1. The number of morpholine rings is 1. The Morgan fingerprint density at radius 2 is 2.26 bits per heavy atom. The molecule has 0 aromatic rings. The van der Waals surface area contributed by atoms with Gasteiger partial charge >= 0.3 is 12.2 Å². The van der Waals surface area contributed by atoms with E-state index in [-0.39, 0.29) is 12.6 Å². The molecule has 0 aliphatic carbocycles. The molecule has 5 nitrogen and oxygen atoms in total. The van der Waals surface area contributed by atoms with Crippen molar-refractivity contribution in [1.82, 2.24) is 10.2 Å². The number of urea groups is 1. The highest BCUT2D eigenvalue weighted by Gasteiger charge is 2.30. The monoisotopic (exact) mass is 284 g/mol. The van der Waals surface area contributed by atoms with E-state index in [4.69, 9.17) is 4.74 Å². The summed E-state index contributed by atoms with van der Waals surface area (Å²) in [6.45, 7) is 2.10. The molecule has 1 aliphatic heterocycles. The normalized spacial score (nSPS) is 22.2. The number of nitrogens with one attached hydrogen (secondary N) is 1. The number of halogens is 3. The quantitative estimate of drug-likeness (QED) is 0.813. The van der Waals surface area contributed by atoms with E-state index in [1.807, 2.05) is 0 Å². The molecule has 0 spiro atoms. The van der Waals surface area contributed by atoms with Crippen LogP contribution in [0.1, 0.15) is 19.8 Å². The second-order valence-electron chi connectivity index (χ2n) is 4.60. The summed E-state index contributed by atoms with van der Waals surface area (Å²) in [7, 11) is 0. The Kier molecular flexibility index (Phi) is 5.86. The van der Waals surface area contributed by atoms with Gasteiger partial charge in [-0.25, -0.2) is 4.79 Å². The number of hydrogen-bond acceptors (Lipinski definition) is 3. The summed E-state index contributed by atoms with van der Waals surface area (Å²) in [6, 6.07) is -0.849. The van der Waals surface area contributed by atoms with Gasteiger partial charge < -0.3 is 20.1 Å². The molecule has 1 fully saturated rings. The van der Waals surface area contributed by atoms with Crippen LogP contribution in [0.25, 0.3) is 0 Å². The molecule has 19 heavy (non-hydrogen) atoms. The molecule has 1 aliphatic rings. The minimum absolute atomic E-state index is 0.289. The first-order valence-corrected chi connectivity index (χ1v) is 6.16. The van der Waals surface area contributed by atoms with E-state index in [1.54, 1.807) is 6.92 Å². The molecule has 0 unspecified atom stereocenters. The SMILES string of the molecule is C[C@@H](O)C[C@H]1COCCN1C(=O)NCCC(F)(F)F. The maximum absolute atomic E-state index is 12.0. The van der Waals surface area contributed by atoms with Gasteiger partial charge in [-0.3, -0.25) is 0 Å². The van der Waals surface area contributed by atoms with Gasteiger partial charge in [0.15, 0.2) is 0 Å². The molecular weight excluding hydrogens is 265 g/mol. The zero-order chi connectivity index (χ0) is 14.5. The van der Waals surface area contributed by atoms with Crippen molar-refractivity contribution in [2.45, 2.75) is 38.1 Å². The van der Waals surface area contributed by atoms with Gasteiger partial charge in [-0.15, -0.1) is 0 Å². The maximum Gasteiger partial charge on any atom is 0.390 e. The molecule has 2 amide bonds. The minimum atomic E-state index is -4.28. The Bertz CT molecular complexity index is 297. The van der Waals surface area contributed by atoms with Crippen LogP contribution >= 0.6 is 0 Å². The summed E-state index contributed by atoms with van der Waals surface area (Å²) in [4.78, 5) is 13.2. The summed E-state index contributed by atoms with van der Waals surface area (Å²) in [6.07, 6.45) is -5.59. The van der Waals surface area contributed by atoms with Crippen molar-refractivity contribution < 1.29 is 27.8 Å². The fraction of sp³-hybridized carbons (Fsp3) is 0.909. The Morgan fingerprint density at radius 3 is 2.84 bits per heavy atom. The van der Waals surface area contributed by atoms with Crippen LogP contribution in [0, 0.1) is 0 Å². The van der Waals surface area contributed by atoms with Crippen LogP contribution in [0.15, 0.2) is 0 Å². The van der Waals surface area contributed by atoms with Gasteiger partial charge in [-0.2, -0.15) is 13.2 Å². The molecule has 112 valence electrons. The number of aliphatic hydroxyl groups is 1. The van der Waals surface area contributed by atoms with Gasteiger partial charge in [-0.1, -0.05) is 0 Å². The number of carbonyl (C=O) groups excluding carboxylic acids is 1. The fourth-order valence-corrected chi connectivity index (χ4v) is 1.92. The number of rotatable bonds is 4. The second kappa shape index (κ2) is 6.95. The molecule has 0 aromatic heterocycles. The lowest BCUT2D eigenvalue weighted by Gasteiger charge is -2.36. The highest BCUT2D eigenvalue weighted by atomic mass is 19.4. The molecule has 1 heterocycles. The zero-order valence-corrected chi connectivity index (χ0v) is 10.7. The molecule has 1 saturated heterocycles. The van der Waals surface area contributed by atoms with Crippen molar-refractivity contribution in [3.63, 3.8) is 0 Å². The van der Waals surface area contributed by atoms with Crippen molar-refractivity contribution in [3.8, 4) is 0 Å². The van der Waals surface area contributed by atoms with Crippen LogP contribution in [0.4, 0.5) is 18.0 Å². The van der Waals surface area contributed by atoms with Crippen LogP contribution in [0.2, 0.25) is 0 Å². The van der Waals surface area contributed by atoms with Crippen LogP contribution in [0.5, 0.6) is 0 Å². The molecule has 0 bridgehead atoms. The largest absolute Gasteiger partial charge is 0.393 e. The lowest BCUT2D eigenvalue weighted by Crippen LogP contribution is -2.53. The smallest absolute Gasteiger partial charge is 0.390 e. The van der Waals surface area contributed by atoms with Gasteiger partial charge in [0.1, 0.15) is 0 Å². The number of nitrogens with zero attached hydrogens (tertiary/aromatic N) is 1. The average Bonchev–Trinajstić information content (AvgIpc) is 2.27. The molecule has 2 N–H and O–H groups in total. The van der Waals surface area contributed by atoms with Crippen molar-refractivity contribution in [3.05, 3.63) is 0 Å². The Labute approximate surface area is 109 Å². The van der Waals surface area contributed by atoms with Crippen LogP contribution in [0.3, 0.4) is 0 Å². The summed E-state index contributed by atoms with van der Waals surface area (Å²) in [5.74, 6) is 0. The highest BCUT2D eigenvalue weighted by molar-refractivity contribution is 5.74. The lowest BCUT2D eigenvalue weighted by atomic mass is 10.1. The Morgan fingerprint density at radius 1 is 1.58 bits per heavy atom. The van der Waals surface area contributed by atoms with Crippen LogP contribution in [-0.4, -0.2) is 60.7 Å². The number of ether oxygens (including phenoxy) is 1. The zero-order valence-electron chi connectivity index (χ0n) is 10.7. The Balaban J connectivity index is 2.43. The number of hydrogen-bond donors (Lipinski definition) is 2. The van der Waals surface area contributed by atoms with E-state index in [0.29, 0.717) is 19.6 Å². The molecule has 0 radical (unpaired) electrons. The first-order valence-electron chi connectivity index (χ1n) is 6.16. The van der Waals surface area contributed by atoms with Crippen molar-refractivity contribution in [1.29, 1.82) is 0 Å². The van der Waals surface area contributed by atoms with Crippen LogP contribution in [-0.2, 0) is 4.74 Å². The minimum Gasteiger partial charge on any atom is -0.393 e. The number of carbonyl (C=O) groups is 1. The molecule has 8 heteroatoms. The molecule has 1 rings (SSSR count). The third kappa shape index (κ3) is 6.11. The van der Waals surface area contributed by atoms with E-state index in [9.17, 15) is 23.1 Å². The molecular formula is C11H19F3N2O3. The Hall–Kier alpha value is -1.02. The van der Waals surface area contributed by atoms with Crippen LogP contribution < -0.4 is 5.32 Å². The second-order valence-corrected chi connectivity index (χ2v) is 4.60. The number of alkyl halides is 3. The molecule has 0 saturated carbocycles. The number of aliphatic hydroxyl groups excluding tert-OH is 1. The highest BCUT2D eigenvalue weighted by Crippen LogP contribution is 2.18. The first-order chi connectivity index (χ1) is 8.79. The van der Waals surface area contributed by atoms with E-state index < -0.39 is 31.3 Å². The predicted octanol–water partition coefficient (Wildman–Crippen LogP) is 1.12. The van der Waals surface area contributed by atoms with Crippen molar-refractivity contribution in [2.75, 3.05) is 26.3 Å². The van der Waals surface area contributed by atoms with E-state index >= 15 is 0 Å². The third-order valence-corrected chi connectivity index (χ3v) is 2.79. The number of amides is 2. The van der Waals surface area contributed by atoms with Gasteiger partial charge in [-0.05, 0) is 13.3 Å². The molecule has 2 atom stereocenters.